The number of carbonyl (C=O) groups excluding carboxylic acids is 1. The minimum absolute atomic E-state index is 0.0165. The zero-order valence-corrected chi connectivity index (χ0v) is 15.0. The topological polar surface area (TPSA) is 75.4 Å². The number of benzene rings is 1. The fraction of sp³-hybridized carbons (Fsp3) is 0.421. The third-order valence-corrected chi connectivity index (χ3v) is 4.92. The largest absolute Gasteiger partial charge is 0.478 e. The highest BCUT2D eigenvalue weighted by Gasteiger charge is 2.34. The number of halogens is 3. The summed E-state index contributed by atoms with van der Waals surface area (Å²) in [6, 6.07) is 7.22. The van der Waals surface area contributed by atoms with Crippen molar-refractivity contribution < 1.29 is 27.9 Å². The van der Waals surface area contributed by atoms with Gasteiger partial charge in [-0.1, -0.05) is 12.1 Å². The molecule has 150 valence electrons. The molecule has 0 spiro atoms. The SMILES string of the molecule is O=C(O)c1ccc(CCC(=O)N2CCC(n3ccc(C(F)(F)F)n3)CC2)cc1. The first-order valence-electron chi connectivity index (χ1n) is 8.96. The van der Waals surface area contributed by atoms with Gasteiger partial charge in [-0.15, -0.1) is 0 Å². The lowest BCUT2D eigenvalue weighted by molar-refractivity contribution is -0.141. The van der Waals surface area contributed by atoms with Gasteiger partial charge in [0, 0.05) is 25.7 Å². The number of nitrogens with zero attached hydrogens (tertiary/aromatic N) is 3. The van der Waals surface area contributed by atoms with E-state index in [0.717, 1.165) is 11.6 Å². The van der Waals surface area contributed by atoms with E-state index >= 15 is 0 Å². The van der Waals surface area contributed by atoms with Crippen LogP contribution in [0.5, 0.6) is 0 Å². The summed E-state index contributed by atoms with van der Waals surface area (Å²) in [5, 5.41) is 12.5. The number of carboxylic acid groups (broad SMARTS) is 1. The Balaban J connectivity index is 1.48. The molecule has 1 saturated heterocycles. The third kappa shape index (κ3) is 4.71. The van der Waals surface area contributed by atoms with Crippen LogP contribution in [0, 0.1) is 0 Å². The summed E-state index contributed by atoms with van der Waals surface area (Å²) in [4.78, 5) is 24.9. The normalized spacial score (nSPS) is 15.6. The Kier molecular flexibility index (Phi) is 5.71. The van der Waals surface area contributed by atoms with E-state index in [2.05, 4.69) is 5.10 Å². The predicted molar refractivity (Wildman–Crippen MR) is 93.8 cm³/mol. The molecule has 9 heteroatoms. The van der Waals surface area contributed by atoms with E-state index in [9.17, 15) is 22.8 Å². The summed E-state index contributed by atoms with van der Waals surface area (Å²) < 4.78 is 39.3. The van der Waals surface area contributed by atoms with Gasteiger partial charge in [0.15, 0.2) is 5.69 Å². The van der Waals surface area contributed by atoms with Crippen molar-refractivity contribution in [3.63, 3.8) is 0 Å². The number of aryl methyl sites for hydroxylation is 1. The minimum Gasteiger partial charge on any atom is -0.478 e. The molecular formula is C19H20F3N3O3. The van der Waals surface area contributed by atoms with Gasteiger partial charge in [-0.05, 0) is 43.0 Å². The molecule has 1 aliphatic heterocycles. The number of carbonyl (C=O) groups is 2. The maximum Gasteiger partial charge on any atom is 0.435 e. The van der Waals surface area contributed by atoms with Crippen molar-refractivity contribution in [3.8, 4) is 0 Å². The number of alkyl halides is 3. The zero-order valence-electron chi connectivity index (χ0n) is 15.0. The lowest BCUT2D eigenvalue weighted by Gasteiger charge is -2.32. The van der Waals surface area contributed by atoms with Crippen LogP contribution < -0.4 is 0 Å². The fourth-order valence-electron chi connectivity index (χ4n) is 3.30. The molecule has 2 heterocycles. The van der Waals surface area contributed by atoms with E-state index in [1.807, 2.05) is 0 Å². The molecule has 2 aromatic rings. The number of aromatic carboxylic acids is 1. The van der Waals surface area contributed by atoms with E-state index in [0.29, 0.717) is 38.8 Å². The summed E-state index contributed by atoms with van der Waals surface area (Å²) in [5.74, 6) is -1.01. The average molecular weight is 395 g/mol. The van der Waals surface area contributed by atoms with E-state index < -0.39 is 17.8 Å². The van der Waals surface area contributed by atoms with Crippen LogP contribution >= 0.6 is 0 Å². The maximum atomic E-state index is 12.7. The number of rotatable bonds is 5. The Morgan fingerprint density at radius 3 is 2.29 bits per heavy atom. The van der Waals surface area contributed by atoms with Crippen molar-refractivity contribution in [3.05, 3.63) is 53.3 Å². The van der Waals surface area contributed by atoms with Gasteiger partial charge in [-0.3, -0.25) is 9.48 Å². The molecule has 0 unspecified atom stereocenters. The number of likely N-dealkylation sites (tertiary alicyclic amines) is 1. The van der Waals surface area contributed by atoms with Crippen molar-refractivity contribution in [2.24, 2.45) is 0 Å². The van der Waals surface area contributed by atoms with Gasteiger partial charge in [-0.25, -0.2) is 4.79 Å². The van der Waals surface area contributed by atoms with Gasteiger partial charge >= 0.3 is 12.1 Å². The van der Waals surface area contributed by atoms with Gasteiger partial charge in [0.2, 0.25) is 5.91 Å². The van der Waals surface area contributed by atoms with Gasteiger partial charge in [0.05, 0.1) is 11.6 Å². The van der Waals surface area contributed by atoms with Gasteiger partial charge in [-0.2, -0.15) is 18.3 Å². The average Bonchev–Trinajstić information content (AvgIpc) is 3.17. The lowest BCUT2D eigenvalue weighted by atomic mass is 10.0. The van der Waals surface area contributed by atoms with Crippen molar-refractivity contribution >= 4 is 11.9 Å². The molecule has 1 aliphatic rings. The summed E-state index contributed by atoms with van der Waals surface area (Å²) in [6.45, 7) is 0.950. The highest BCUT2D eigenvalue weighted by atomic mass is 19.4. The molecule has 3 rings (SSSR count). The quantitative estimate of drug-likeness (QED) is 0.842. The summed E-state index contributed by atoms with van der Waals surface area (Å²) in [7, 11) is 0. The molecule has 1 aromatic carbocycles. The van der Waals surface area contributed by atoms with Crippen molar-refractivity contribution in [1.29, 1.82) is 0 Å². The molecule has 1 fully saturated rings. The van der Waals surface area contributed by atoms with Gasteiger partial charge in [0.1, 0.15) is 0 Å². The first kappa shape index (κ1) is 19.9. The summed E-state index contributed by atoms with van der Waals surface area (Å²) >= 11 is 0. The number of aromatic nitrogens is 2. The molecule has 1 N–H and O–H groups in total. The molecule has 0 radical (unpaired) electrons. The number of carboxylic acids is 1. The predicted octanol–water partition coefficient (Wildman–Crippen LogP) is 3.40. The molecule has 0 aliphatic carbocycles. The Morgan fingerprint density at radius 2 is 1.75 bits per heavy atom. The van der Waals surface area contributed by atoms with Crippen LogP contribution in [0.4, 0.5) is 13.2 Å². The Labute approximate surface area is 159 Å². The fourth-order valence-corrected chi connectivity index (χ4v) is 3.30. The molecule has 0 bridgehead atoms. The molecule has 6 nitrogen and oxygen atoms in total. The molecule has 0 atom stereocenters. The zero-order chi connectivity index (χ0) is 20.3. The number of amides is 1. The van der Waals surface area contributed by atoms with Crippen LogP contribution in [0.15, 0.2) is 36.5 Å². The molecule has 1 aromatic heterocycles. The van der Waals surface area contributed by atoms with Crippen LogP contribution in [0.1, 0.15) is 46.9 Å². The van der Waals surface area contributed by atoms with E-state index in [1.165, 1.54) is 23.0 Å². The van der Waals surface area contributed by atoms with Gasteiger partial charge < -0.3 is 10.0 Å². The Hall–Kier alpha value is -2.84. The molecule has 28 heavy (non-hydrogen) atoms. The molecular weight excluding hydrogens is 375 g/mol. The second kappa shape index (κ2) is 8.04. The standard InChI is InChI=1S/C19H20F3N3O3/c20-19(21,22)16-9-12-25(23-16)15-7-10-24(11-8-15)17(26)6-3-13-1-4-14(5-2-13)18(27)28/h1-2,4-5,9,12,15H,3,6-8,10-11H2,(H,27,28). The molecule has 0 saturated carbocycles. The minimum atomic E-state index is -4.45. The monoisotopic (exact) mass is 395 g/mol. The highest BCUT2D eigenvalue weighted by molar-refractivity contribution is 5.87. The van der Waals surface area contributed by atoms with Gasteiger partial charge in [0.25, 0.3) is 0 Å². The van der Waals surface area contributed by atoms with Crippen molar-refractivity contribution in [2.45, 2.75) is 37.9 Å². The summed E-state index contributed by atoms with van der Waals surface area (Å²) in [5.41, 5.74) is 0.175. The highest BCUT2D eigenvalue weighted by Crippen LogP contribution is 2.29. The van der Waals surface area contributed by atoms with E-state index in [-0.39, 0.29) is 17.5 Å². The Morgan fingerprint density at radius 1 is 1.11 bits per heavy atom. The van der Waals surface area contributed by atoms with Crippen LogP contribution in [0.25, 0.3) is 0 Å². The van der Waals surface area contributed by atoms with E-state index in [1.54, 1.807) is 17.0 Å². The number of hydrogen-bond donors (Lipinski definition) is 1. The first-order chi connectivity index (χ1) is 13.2. The van der Waals surface area contributed by atoms with E-state index in [4.69, 9.17) is 5.11 Å². The second-order valence-corrected chi connectivity index (χ2v) is 6.79. The number of hydrogen-bond acceptors (Lipinski definition) is 3. The summed E-state index contributed by atoms with van der Waals surface area (Å²) in [6.07, 6.45) is -1.20. The van der Waals surface area contributed by atoms with Crippen LogP contribution in [-0.4, -0.2) is 44.8 Å². The number of piperidine rings is 1. The van der Waals surface area contributed by atoms with Crippen molar-refractivity contribution in [1.82, 2.24) is 14.7 Å². The van der Waals surface area contributed by atoms with Crippen LogP contribution in [0.3, 0.4) is 0 Å². The van der Waals surface area contributed by atoms with Crippen LogP contribution in [0.2, 0.25) is 0 Å². The molecule has 1 amide bonds. The smallest absolute Gasteiger partial charge is 0.435 e. The Bertz CT molecular complexity index is 838. The lowest BCUT2D eigenvalue weighted by Crippen LogP contribution is -2.39. The first-order valence-corrected chi connectivity index (χ1v) is 8.96. The second-order valence-electron chi connectivity index (χ2n) is 6.79. The van der Waals surface area contributed by atoms with Crippen molar-refractivity contribution in [2.75, 3.05) is 13.1 Å². The maximum absolute atomic E-state index is 12.7. The third-order valence-electron chi connectivity index (χ3n) is 4.92. The van der Waals surface area contributed by atoms with Crippen LogP contribution in [-0.2, 0) is 17.4 Å².